The Bertz CT molecular complexity index is 567. The highest BCUT2D eigenvalue weighted by atomic mass is 19.1. The topological polar surface area (TPSA) is 73.1 Å². The van der Waals surface area contributed by atoms with E-state index >= 15 is 0 Å². The van der Waals surface area contributed by atoms with Gasteiger partial charge in [-0.25, -0.2) is 15.2 Å². The summed E-state index contributed by atoms with van der Waals surface area (Å²) in [6, 6.07) is 6.20. The largest absolute Gasteiger partial charge is 0.439 e. The Hall–Kier alpha value is -2.21. The van der Waals surface area contributed by atoms with Crippen molar-refractivity contribution < 1.29 is 9.13 Å². The molecule has 0 aliphatic heterocycles. The first-order valence-electron chi connectivity index (χ1n) is 5.91. The summed E-state index contributed by atoms with van der Waals surface area (Å²) in [5.74, 6) is 6.76. The quantitative estimate of drug-likeness (QED) is 0.654. The van der Waals surface area contributed by atoms with E-state index in [1.165, 1.54) is 6.07 Å². The van der Waals surface area contributed by atoms with E-state index in [1.807, 2.05) is 6.92 Å². The zero-order valence-corrected chi connectivity index (χ0v) is 10.8. The molecular formula is C13H15FN4O. The molecule has 0 unspecified atom stereocenters. The van der Waals surface area contributed by atoms with Crippen LogP contribution < -0.4 is 16.0 Å². The molecule has 0 saturated heterocycles. The van der Waals surface area contributed by atoms with Crippen LogP contribution in [0.1, 0.15) is 18.3 Å². The number of aromatic nitrogens is 2. The van der Waals surface area contributed by atoms with Crippen LogP contribution in [0.5, 0.6) is 11.6 Å². The summed E-state index contributed by atoms with van der Waals surface area (Å²) in [6.07, 6.45) is 0.647. The number of benzene rings is 1. The third kappa shape index (κ3) is 3.17. The van der Waals surface area contributed by atoms with E-state index < -0.39 is 0 Å². The van der Waals surface area contributed by atoms with E-state index in [1.54, 1.807) is 25.1 Å². The van der Waals surface area contributed by atoms with E-state index in [2.05, 4.69) is 15.4 Å². The van der Waals surface area contributed by atoms with Crippen LogP contribution in [0, 0.1) is 12.7 Å². The molecular weight excluding hydrogens is 247 g/mol. The van der Waals surface area contributed by atoms with Crippen LogP contribution >= 0.6 is 0 Å². The van der Waals surface area contributed by atoms with Crippen LogP contribution in [0.2, 0.25) is 0 Å². The maximum Gasteiger partial charge on any atom is 0.224 e. The molecule has 3 N–H and O–H groups in total. The summed E-state index contributed by atoms with van der Waals surface area (Å²) in [4.78, 5) is 8.34. The SMILES string of the molecule is CCc1nc(NN)cc(Oc2ccc(C)c(F)c2)n1. The summed E-state index contributed by atoms with van der Waals surface area (Å²) < 4.78 is 18.9. The summed E-state index contributed by atoms with van der Waals surface area (Å²) >= 11 is 0. The zero-order chi connectivity index (χ0) is 13.8. The van der Waals surface area contributed by atoms with Crippen molar-refractivity contribution in [2.24, 2.45) is 5.84 Å². The Morgan fingerprint density at radius 1 is 1.32 bits per heavy atom. The first kappa shape index (κ1) is 13.2. The van der Waals surface area contributed by atoms with E-state index in [0.717, 1.165) is 0 Å². The number of anilines is 1. The highest BCUT2D eigenvalue weighted by Gasteiger charge is 2.06. The molecule has 1 heterocycles. The van der Waals surface area contributed by atoms with Gasteiger partial charge < -0.3 is 10.2 Å². The second kappa shape index (κ2) is 5.62. The first-order valence-corrected chi connectivity index (χ1v) is 5.91. The molecule has 2 aromatic rings. The van der Waals surface area contributed by atoms with Gasteiger partial charge in [0.05, 0.1) is 0 Å². The number of ether oxygens (including phenoxy) is 1. The smallest absolute Gasteiger partial charge is 0.224 e. The number of hydrogen-bond donors (Lipinski definition) is 2. The van der Waals surface area contributed by atoms with Crippen molar-refractivity contribution in [3.8, 4) is 11.6 Å². The molecule has 0 radical (unpaired) electrons. The predicted molar refractivity (Wildman–Crippen MR) is 70.4 cm³/mol. The lowest BCUT2D eigenvalue weighted by molar-refractivity contribution is 0.454. The highest BCUT2D eigenvalue weighted by molar-refractivity contribution is 5.39. The molecule has 5 nitrogen and oxygen atoms in total. The second-order valence-electron chi connectivity index (χ2n) is 4.02. The monoisotopic (exact) mass is 262 g/mol. The van der Waals surface area contributed by atoms with Gasteiger partial charge in [-0.1, -0.05) is 13.0 Å². The van der Waals surface area contributed by atoms with Gasteiger partial charge >= 0.3 is 0 Å². The molecule has 19 heavy (non-hydrogen) atoms. The lowest BCUT2D eigenvalue weighted by Gasteiger charge is -2.08. The zero-order valence-electron chi connectivity index (χ0n) is 10.8. The Kier molecular flexibility index (Phi) is 3.91. The number of rotatable bonds is 4. The number of nitrogens with two attached hydrogens (primary N) is 1. The third-order valence-corrected chi connectivity index (χ3v) is 2.58. The van der Waals surface area contributed by atoms with Crippen LogP contribution in [0.3, 0.4) is 0 Å². The summed E-state index contributed by atoms with van der Waals surface area (Å²) in [7, 11) is 0. The standard InChI is InChI=1S/C13H15FN4O/c1-3-11-16-12(18-15)7-13(17-11)19-9-5-4-8(2)10(14)6-9/h4-7H,3,15H2,1-2H3,(H,16,17,18). The fourth-order valence-electron chi connectivity index (χ4n) is 1.51. The van der Waals surface area contributed by atoms with Crippen molar-refractivity contribution in [1.82, 2.24) is 9.97 Å². The Morgan fingerprint density at radius 2 is 2.11 bits per heavy atom. The summed E-state index contributed by atoms with van der Waals surface area (Å²) in [6.45, 7) is 3.61. The van der Waals surface area contributed by atoms with Crippen LogP contribution in [0.25, 0.3) is 0 Å². The van der Waals surface area contributed by atoms with Gasteiger partial charge in [-0.15, -0.1) is 0 Å². The minimum atomic E-state index is -0.320. The first-order chi connectivity index (χ1) is 9.12. The van der Waals surface area contributed by atoms with Gasteiger partial charge in [0, 0.05) is 18.6 Å². The van der Waals surface area contributed by atoms with Crippen LogP contribution in [0.15, 0.2) is 24.3 Å². The number of nitrogens with zero attached hydrogens (tertiary/aromatic N) is 2. The number of nitrogens with one attached hydrogen (secondary N) is 1. The number of aryl methyl sites for hydroxylation is 2. The van der Waals surface area contributed by atoms with Gasteiger partial charge in [0.1, 0.15) is 23.2 Å². The van der Waals surface area contributed by atoms with Crippen molar-refractivity contribution >= 4 is 5.82 Å². The number of hydrogen-bond acceptors (Lipinski definition) is 5. The van der Waals surface area contributed by atoms with Gasteiger partial charge in [-0.3, -0.25) is 0 Å². The highest BCUT2D eigenvalue weighted by Crippen LogP contribution is 2.23. The molecule has 0 aliphatic carbocycles. The average Bonchev–Trinajstić information content (AvgIpc) is 2.42. The van der Waals surface area contributed by atoms with E-state index in [0.29, 0.717) is 35.3 Å². The van der Waals surface area contributed by atoms with E-state index in [-0.39, 0.29) is 5.82 Å². The predicted octanol–water partition coefficient (Wildman–Crippen LogP) is 2.56. The minimum Gasteiger partial charge on any atom is -0.439 e. The number of hydrazine groups is 1. The molecule has 6 heteroatoms. The molecule has 0 bridgehead atoms. The maximum absolute atomic E-state index is 13.4. The van der Waals surface area contributed by atoms with E-state index in [4.69, 9.17) is 10.6 Å². The van der Waals surface area contributed by atoms with Crippen molar-refractivity contribution in [3.05, 3.63) is 41.5 Å². The van der Waals surface area contributed by atoms with Crippen molar-refractivity contribution in [3.63, 3.8) is 0 Å². The molecule has 0 atom stereocenters. The molecule has 1 aromatic heterocycles. The van der Waals surface area contributed by atoms with Gasteiger partial charge in [0.2, 0.25) is 5.88 Å². The fraction of sp³-hybridized carbons (Fsp3) is 0.231. The Labute approximate surface area is 110 Å². The van der Waals surface area contributed by atoms with Crippen molar-refractivity contribution in [2.45, 2.75) is 20.3 Å². The molecule has 2 rings (SSSR count). The fourth-order valence-corrected chi connectivity index (χ4v) is 1.51. The number of nitrogen functional groups attached to an aromatic ring is 1. The molecule has 0 spiro atoms. The van der Waals surface area contributed by atoms with Crippen molar-refractivity contribution in [1.29, 1.82) is 0 Å². The number of halogens is 1. The van der Waals surface area contributed by atoms with Gasteiger partial charge in [0.15, 0.2) is 0 Å². The maximum atomic E-state index is 13.4. The third-order valence-electron chi connectivity index (χ3n) is 2.58. The lowest BCUT2D eigenvalue weighted by Crippen LogP contribution is -2.10. The molecule has 100 valence electrons. The Balaban J connectivity index is 2.29. The molecule has 0 fully saturated rings. The van der Waals surface area contributed by atoms with Crippen molar-refractivity contribution in [2.75, 3.05) is 5.43 Å². The second-order valence-corrected chi connectivity index (χ2v) is 4.02. The van der Waals surface area contributed by atoms with Gasteiger partial charge in [0.25, 0.3) is 0 Å². The normalized spacial score (nSPS) is 10.3. The average molecular weight is 262 g/mol. The van der Waals surface area contributed by atoms with E-state index in [9.17, 15) is 4.39 Å². The van der Waals surface area contributed by atoms with Crippen LogP contribution in [0.4, 0.5) is 10.2 Å². The molecule has 0 amide bonds. The molecule has 0 saturated carbocycles. The summed E-state index contributed by atoms with van der Waals surface area (Å²) in [5.41, 5.74) is 3.01. The van der Waals surface area contributed by atoms with Gasteiger partial charge in [-0.05, 0) is 18.6 Å². The van der Waals surface area contributed by atoms with Gasteiger partial charge in [-0.2, -0.15) is 4.98 Å². The minimum absolute atomic E-state index is 0.320. The molecule has 0 aliphatic rings. The van der Waals surface area contributed by atoms with Crippen LogP contribution in [-0.4, -0.2) is 9.97 Å². The Morgan fingerprint density at radius 3 is 2.74 bits per heavy atom. The lowest BCUT2D eigenvalue weighted by atomic mass is 10.2. The molecule has 1 aromatic carbocycles. The van der Waals surface area contributed by atoms with Crippen LogP contribution in [-0.2, 0) is 6.42 Å². The summed E-state index contributed by atoms with van der Waals surface area (Å²) in [5, 5.41) is 0.